The highest BCUT2D eigenvalue weighted by Gasteiger charge is 2.30. The maximum atomic E-state index is 12.8. The van der Waals surface area contributed by atoms with Crippen LogP contribution in [0, 0.1) is 11.8 Å². The van der Waals surface area contributed by atoms with Crippen molar-refractivity contribution < 1.29 is 14.3 Å². The van der Waals surface area contributed by atoms with E-state index in [1.54, 1.807) is 18.9 Å². The molecule has 2 rings (SSSR count). The zero-order chi connectivity index (χ0) is 19.1. The van der Waals surface area contributed by atoms with Gasteiger partial charge in [-0.15, -0.1) is 11.8 Å². The summed E-state index contributed by atoms with van der Waals surface area (Å²) in [5.74, 6) is 1.32. The summed E-state index contributed by atoms with van der Waals surface area (Å²) < 4.78 is 5.16. The van der Waals surface area contributed by atoms with Gasteiger partial charge in [0.25, 0.3) is 0 Å². The van der Waals surface area contributed by atoms with Gasteiger partial charge in [0.1, 0.15) is 5.75 Å². The number of hydrogen-bond donors (Lipinski definition) is 1. The number of nitrogens with one attached hydrogen (secondary N) is 1. The fourth-order valence-corrected chi connectivity index (χ4v) is 3.96. The number of amides is 2. The number of hydrogen-bond acceptors (Lipinski definition) is 4. The van der Waals surface area contributed by atoms with Crippen LogP contribution < -0.4 is 10.1 Å². The Morgan fingerprint density at radius 3 is 2.58 bits per heavy atom. The zero-order valence-corrected chi connectivity index (χ0v) is 17.0. The molecule has 1 aliphatic rings. The summed E-state index contributed by atoms with van der Waals surface area (Å²) >= 11 is 1.54. The summed E-state index contributed by atoms with van der Waals surface area (Å²) in [4.78, 5) is 28.0. The lowest BCUT2D eigenvalue weighted by atomic mass is 9.96. The molecular formula is C20H30N2O3S. The molecule has 2 amide bonds. The standard InChI is InChI=1S/C20H30N2O3S/c1-14(2)12-21-19(23)16-6-5-11-22(13-16)20(24)15(3)26-18-9-7-17(25-4)8-10-18/h7-10,14-16H,5-6,11-13H2,1-4H3,(H,21,23)/t15-,16-/m1/s1. The molecule has 1 saturated heterocycles. The Bertz CT molecular complexity index is 604. The summed E-state index contributed by atoms with van der Waals surface area (Å²) in [6.45, 7) is 8.04. The Kier molecular flexibility index (Phi) is 7.82. The highest BCUT2D eigenvalue weighted by atomic mass is 32.2. The lowest BCUT2D eigenvalue weighted by molar-refractivity contribution is -0.135. The second kappa shape index (κ2) is 9.86. The van der Waals surface area contributed by atoms with Gasteiger partial charge in [-0.3, -0.25) is 9.59 Å². The van der Waals surface area contributed by atoms with Crippen LogP contribution in [0.1, 0.15) is 33.6 Å². The number of ether oxygens (including phenoxy) is 1. The molecule has 2 atom stereocenters. The van der Waals surface area contributed by atoms with Crippen LogP contribution in [0.2, 0.25) is 0 Å². The van der Waals surface area contributed by atoms with Gasteiger partial charge >= 0.3 is 0 Å². The molecule has 0 spiro atoms. The fourth-order valence-electron chi connectivity index (χ4n) is 3.01. The molecule has 5 nitrogen and oxygen atoms in total. The van der Waals surface area contributed by atoms with Crippen LogP contribution in [0.25, 0.3) is 0 Å². The average molecular weight is 379 g/mol. The molecule has 1 aliphatic heterocycles. The molecule has 144 valence electrons. The van der Waals surface area contributed by atoms with Crippen molar-refractivity contribution in [3.63, 3.8) is 0 Å². The molecule has 0 aliphatic carbocycles. The summed E-state index contributed by atoms with van der Waals surface area (Å²) in [5.41, 5.74) is 0. The van der Waals surface area contributed by atoms with E-state index in [9.17, 15) is 9.59 Å². The molecule has 6 heteroatoms. The van der Waals surface area contributed by atoms with Crippen LogP contribution in [0.3, 0.4) is 0 Å². The number of carbonyl (C=O) groups excluding carboxylic acids is 2. The third-order valence-corrected chi connectivity index (χ3v) is 5.61. The molecule has 1 N–H and O–H groups in total. The second-order valence-corrected chi connectivity index (χ2v) is 8.61. The van der Waals surface area contributed by atoms with Gasteiger partial charge in [-0.25, -0.2) is 0 Å². The largest absolute Gasteiger partial charge is 0.497 e. The lowest BCUT2D eigenvalue weighted by Gasteiger charge is -2.33. The normalized spacial score (nSPS) is 18.5. The van der Waals surface area contributed by atoms with E-state index in [0.29, 0.717) is 19.0 Å². The highest BCUT2D eigenvalue weighted by Crippen LogP contribution is 2.28. The third kappa shape index (κ3) is 5.94. The van der Waals surface area contributed by atoms with Crippen LogP contribution in [-0.2, 0) is 9.59 Å². The first-order chi connectivity index (χ1) is 12.4. The molecule has 0 unspecified atom stereocenters. The van der Waals surface area contributed by atoms with Crippen molar-refractivity contribution in [2.45, 2.75) is 43.8 Å². The Morgan fingerprint density at radius 2 is 1.96 bits per heavy atom. The van der Waals surface area contributed by atoms with Gasteiger partial charge < -0.3 is 15.0 Å². The molecule has 0 saturated carbocycles. The van der Waals surface area contributed by atoms with E-state index in [-0.39, 0.29) is 23.0 Å². The van der Waals surface area contributed by atoms with E-state index in [0.717, 1.165) is 30.0 Å². The van der Waals surface area contributed by atoms with E-state index in [1.165, 1.54) is 0 Å². The van der Waals surface area contributed by atoms with Crippen LogP contribution in [0.15, 0.2) is 29.2 Å². The number of methoxy groups -OCH3 is 1. The number of nitrogens with zero attached hydrogens (tertiary/aromatic N) is 1. The van der Waals surface area contributed by atoms with Gasteiger partial charge in [0.2, 0.25) is 11.8 Å². The average Bonchev–Trinajstić information content (AvgIpc) is 2.66. The van der Waals surface area contributed by atoms with Crippen molar-refractivity contribution in [2.24, 2.45) is 11.8 Å². The van der Waals surface area contributed by atoms with Crippen molar-refractivity contribution in [2.75, 3.05) is 26.7 Å². The first-order valence-electron chi connectivity index (χ1n) is 9.28. The molecule has 0 aromatic heterocycles. The van der Waals surface area contributed by atoms with E-state index in [2.05, 4.69) is 19.2 Å². The van der Waals surface area contributed by atoms with E-state index in [1.807, 2.05) is 36.1 Å². The SMILES string of the molecule is COc1ccc(S[C@H](C)C(=O)N2CCC[C@@H](C(=O)NCC(C)C)C2)cc1. The number of piperidine rings is 1. The molecule has 1 fully saturated rings. The Labute approximate surface area is 160 Å². The van der Waals surface area contributed by atoms with Crippen molar-refractivity contribution in [1.29, 1.82) is 0 Å². The van der Waals surface area contributed by atoms with E-state index >= 15 is 0 Å². The first kappa shape index (κ1) is 20.6. The first-order valence-corrected chi connectivity index (χ1v) is 10.2. The minimum atomic E-state index is -0.180. The van der Waals surface area contributed by atoms with Gasteiger partial charge in [0.15, 0.2) is 0 Å². The Hall–Kier alpha value is -1.69. The number of likely N-dealkylation sites (tertiary alicyclic amines) is 1. The van der Waals surface area contributed by atoms with Crippen molar-refractivity contribution >= 4 is 23.6 Å². The lowest BCUT2D eigenvalue weighted by Crippen LogP contribution is -2.47. The van der Waals surface area contributed by atoms with E-state index < -0.39 is 0 Å². The van der Waals surface area contributed by atoms with E-state index in [4.69, 9.17) is 4.74 Å². The second-order valence-electron chi connectivity index (χ2n) is 7.20. The summed E-state index contributed by atoms with van der Waals surface area (Å²) in [6, 6.07) is 7.72. The van der Waals surface area contributed by atoms with Gasteiger partial charge in [-0.05, 0) is 49.9 Å². The topological polar surface area (TPSA) is 58.6 Å². The molecule has 1 aromatic rings. The predicted octanol–water partition coefficient (Wildman–Crippen LogP) is 3.19. The maximum absolute atomic E-state index is 12.8. The number of thioether (sulfide) groups is 1. The predicted molar refractivity (Wildman–Crippen MR) is 105 cm³/mol. The van der Waals surface area contributed by atoms with Gasteiger partial charge in [-0.1, -0.05) is 13.8 Å². The molecular weight excluding hydrogens is 348 g/mol. The van der Waals surface area contributed by atoms with Crippen molar-refractivity contribution in [3.8, 4) is 5.75 Å². The molecule has 0 bridgehead atoms. The summed E-state index contributed by atoms with van der Waals surface area (Å²) in [6.07, 6.45) is 1.74. The number of benzene rings is 1. The van der Waals surface area contributed by atoms with Crippen LogP contribution in [0.4, 0.5) is 0 Å². The van der Waals surface area contributed by atoms with Crippen LogP contribution in [-0.4, -0.2) is 48.7 Å². The molecule has 1 heterocycles. The van der Waals surface area contributed by atoms with Gasteiger partial charge in [0, 0.05) is 24.5 Å². The van der Waals surface area contributed by atoms with Crippen molar-refractivity contribution in [1.82, 2.24) is 10.2 Å². The van der Waals surface area contributed by atoms with Gasteiger partial charge in [0.05, 0.1) is 18.3 Å². The van der Waals surface area contributed by atoms with Gasteiger partial charge in [-0.2, -0.15) is 0 Å². The quantitative estimate of drug-likeness (QED) is 0.741. The fraction of sp³-hybridized carbons (Fsp3) is 0.600. The molecule has 1 aromatic carbocycles. The van der Waals surface area contributed by atoms with Crippen LogP contribution >= 0.6 is 11.8 Å². The minimum Gasteiger partial charge on any atom is -0.497 e. The van der Waals surface area contributed by atoms with Crippen LogP contribution in [0.5, 0.6) is 5.75 Å². The monoisotopic (exact) mass is 378 g/mol. The maximum Gasteiger partial charge on any atom is 0.235 e. The highest BCUT2D eigenvalue weighted by molar-refractivity contribution is 8.00. The number of rotatable bonds is 7. The zero-order valence-electron chi connectivity index (χ0n) is 16.2. The third-order valence-electron chi connectivity index (χ3n) is 4.51. The Balaban J connectivity index is 1.89. The Morgan fingerprint density at radius 1 is 1.27 bits per heavy atom. The summed E-state index contributed by atoms with van der Waals surface area (Å²) in [5, 5.41) is 2.82. The minimum absolute atomic E-state index is 0.0756. The smallest absolute Gasteiger partial charge is 0.235 e. The molecule has 0 radical (unpaired) electrons. The number of carbonyl (C=O) groups is 2. The van der Waals surface area contributed by atoms with Crippen molar-refractivity contribution in [3.05, 3.63) is 24.3 Å². The summed E-state index contributed by atoms with van der Waals surface area (Å²) in [7, 11) is 1.64. The molecule has 26 heavy (non-hydrogen) atoms.